The van der Waals surface area contributed by atoms with E-state index in [0.29, 0.717) is 35.0 Å². The van der Waals surface area contributed by atoms with E-state index >= 15 is 0 Å². The third kappa shape index (κ3) is 3.75. The van der Waals surface area contributed by atoms with Crippen LogP contribution in [0.5, 0.6) is 11.5 Å². The average molecular weight is 391 g/mol. The molecular formula is C23H25N3O3. The predicted molar refractivity (Wildman–Crippen MR) is 115 cm³/mol. The van der Waals surface area contributed by atoms with Gasteiger partial charge in [0.25, 0.3) is 5.56 Å². The van der Waals surface area contributed by atoms with E-state index in [1.165, 1.54) is 6.07 Å². The maximum atomic E-state index is 13.4. The largest absolute Gasteiger partial charge is 0.504 e. The van der Waals surface area contributed by atoms with Crippen LogP contribution in [0.15, 0.2) is 46.2 Å². The van der Waals surface area contributed by atoms with Crippen molar-refractivity contribution in [3.8, 4) is 17.2 Å². The minimum absolute atomic E-state index is 0.00242. The Morgan fingerprint density at radius 1 is 1.24 bits per heavy atom. The molecule has 6 nitrogen and oxygen atoms in total. The van der Waals surface area contributed by atoms with Crippen molar-refractivity contribution in [3.05, 3.63) is 58.1 Å². The molecule has 0 amide bonds. The highest BCUT2D eigenvalue weighted by Crippen LogP contribution is 2.36. The van der Waals surface area contributed by atoms with Crippen LogP contribution in [0.4, 0.5) is 0 Å². The van der Waals surface area contributed by atoms with Crippen LogP contribution >= 0.6 is 0 Å². The first kappa shape index (κ1) is 19.2. The van der Waals surface area contributed by atoms with Crippen molar-refractivity contribution in [1.29, 1.82) is 0 Å². The summed E-state index contributed by atoms with van der Waals surface area (Å²) in [4.78, 5) is 22.2. The maximum Gasteiger partial charge on any atom is 0.266 e. The fourth-order valence-corrected chi connectivity index (χ4v) is 3.36. The lowest BCUT2D eigenvalue weighted by atomic mass is 10.1. The molecule has 0 aliphatic heterocycles. The number of aromatic nitrogens is 2. The molecule has 2 aromatic carbocycles. The Kier molecular flexibility index (Phi) is 5.09. The molecule has 0 spiro atoms. The van der Waals surface area contributed by atoms with Gasteiger partial charge in [-0.15, -0.1) is 0 Å². The quantitative estimate of drug-likeness (QED) is 0.643. The van der Waals surface area contributed by atoms with Crippen molar-refractivity contribution in [2.75, 3.05) is 13.7 Å². The van der Waals surface area contributed by atoms with Gasteiger partial charge < -0.3 is 9.84 Å². The molecule has 0 unspecified atom stereocenters. The molecule has 1 aliphatic carbocycles. The zero-order valence-corrected chi connectivity index (χ0v) is 16.9. The molecule has 6 heteroatoms. The van der Waals surface area contributed by atoms with E-state index in [9.17, 15) is 9.90 Å². The second-order valence-corrected chi connectivity index (χ2v) is 7.81. The van der Waals surface area contributed by atoms with Gasteiger partial charge in [0.1, 0.15) is 11.3 Å². The van der Waals surface area contributed by atoms with E-state index in [0.717, 1.165) is 24.1 Å². The van der Waals surface area contributed by atoms with Gasteiger partial charge in [-0.25, -0.2) is 4.98 Å². The molecule has 1 fully saturated rings. The molecule has 0 saturated heterocycles. The second-order valence-electron chi connectivity index (χ2n) is 7.81. The van der Waals surface area contributed by atoms with Crippen molar-refractivity contribution < 1.29 is 9.84 Å². The lowest BCUT2D eigenvalue weighted by Crippen LogP contribution is -2.25. The Morgan fingerprint density at radius 3 is 2.59 bits per heavy atom. The maximum absolute atomic E-state index is 13.4. The molecule has 150 valence electrons. The molecule has 3 aromatic rings. The van der Waals surface area contributed by atoms with E-state index in [-0.39, 0.29) is 17.2 Å². The Morgan fingerprint density at radius 2 is 1.97 bits per heavy atom. The van der Waals surface area contributed by atoms with Gasteiger partial charge in [-0.2, -0.15) is 0 Å². The average Bonchev–Trinajstić information content (AvgIpc) is 3.52. The fraction of sp³-hybridized carbons (Fsp3) is 0.348. The van der Waals surface area contributed by atoms with Gasteiger partial charge in [0.15, 0.2) is 11.5 Å². The SMILES string of the molecule is CN=Cc1ccc(-n2c(C(C)C)nc3c(OCC4CC4)c(O)ccc3c2=O)cc1. The number of benzene rings is 2. The molecule has 0 atom stereocenters. The molecule has 29 heavy (non-hydrogen) atoms. The summed E-state index contributed by atoms with van der Waals surface area (Å²) in [6.45, 7) is 4.53. The highest BCUT2D eigenvalue weighted by Gasteiger charge is 2.24. The van der Waals surface area contributed by atoms with Gasteiger partial charge in [-0.3, -0.25) is 14.4 Å². The first-order valence-electron chi connectivity index (χ1n) is 9.93. The number of hydrogen-bond acceptors (Lipinski definition) is 5. The number of aromatic hydroxyl groups is 1. The first-order chi connectivity index (χ1) is 14.0. The highest BCUT2D eigenvalue weighted by atomic mass is 16.5. The zero-order chi connectivity index (χ0) is 20.5. The molecule has 1 aliphatic rings. The third-order valence-electron chi connectivity index (χ3n) is 5.11. The lowest BCUT2D eigenvalue weighted by Gasteiger charge is -2.18. The van der Waals surface area contributed by atoms with E-state index in [4.69, 9.17) is 9.72 Å². The number of aliphatic imine (C=N–C) groups is 1. The summed E-state index contributed by atoms with van der Waals surface area (Å²) in [5.41, 5.74) is 1.96. The van der Waals surface area contributed by atoms with Crippen LogP contribution in [0.3, 0.4) is 0 Å². The van der Waals surface area contributed by atoms with E-state index < -0.39 is 0 Å². The zero-order valence-electron chi connectivity index (χ0n) is 16.9. The second kappa shape index (κ2) is 7.70. The normalized spacial score (nSPS) is 14.2. The Balaban J connectivity index is 1.90. The third-order valence-corrected chi connectivity index (χ3v) is 5.11. The first-order valence-corrected chi connectivity index (χ1v) is 9.93. The van der Waals surface area contributed by atoms with Crippen LogP contribution in [-0.2, 0) is 0 Å². The minimum atomic E-state index is -0.174. The summed E-state index contributed by atoms with van der Waals surface area (Å²) >= 11 is 0. The number of nitrogens with zero attached hydrogens (tertiary/aromatic N) is 3. The standard InChI is InChI=1S/C23H25N3O3/c1-14(2)22-25-20-18(10-11-19(27)21(20)29-13-16-4-5-16)23(28)26(22)17-8-6-15(7-9-17)12-24-3/h6-12,14,16,27H,4-5,13H2,1-3H3. The van der Waals surface area contributed by atoms with Gasteiger partial charge in [-0.1, -0.05) is 26.0 Å². The monoisotopic (exact) mass is 391 g/mol. The summed E-state index contributed by atoms with van der Waals surface area (Å²) in [7, 11) is 1.72. The molecule has 1 heterocycles. The van der Waals surface area contributed by atoms with Crippen molar-refractivity contribution in [1.82, 2.24) is 9.55 Å². The Bertz CT molecular complexity index is 1130. The molecule has 1 N–H and O–H groups in total. The smallest absolute Gasteiger partial charge is 0.266 e. The van der Waals surface area contributed by atoms with E-state index in [1.54, 1.807) is 23.9 Å². The number of phenols is 1. The Hall–Kier alpha value is -3.15. The van der Waals surface area contributed by atoms with Gasteiger partial charge in [0.05, 0.1) is 17.7 Å². The van der Waals surface area contributed by atoms with Crippen molar-refractivity contribution in [3.63, 3.8) is 0 Å². The summed E-state index contributed by atoms with van der Waals surface area (Å²) < 4.78 is 7.52. The molecule has 0 bridgehead atoms. The highest BCUT2D eigenvalue weighted by molar-refractivity contribution is 5.87. The molecule has 4 rings (SSSR count). The van der Waals surface area contributed by atoms with Crippen LogP contribution < -0.4 is 10.3 Å². The molecule has 0 radical (unpaired) electrons. The Labute approximate surface area is 169 Å². The number of ether oxygens (including phenoxy) is 1. The minimum Gasteiger partial charge on any atom is -0.504 e. The molecule has 1 aromatic heterocycles. The van der Waals surface area contributed by atoms with E-state index in [2.05, 4.69) is 4.99 Å². The van der Waals surface area contributed by atoms with Gasteiger partial charge >= 0.3 is 0 Å². The molecular weight excluding hydrogens is 366 g/mol. The van der Waals surface area contributed by atoms with Crippen molar-refractivity contribution in [2.45, 2.75) is 32.6 Å². The lowest BCUT2D eigenvalue weighted by molar-refractivity contribution is 0.287. The predicted octanol–water partition coefficient (Wildman–Crippen LogP) is 4.05. The summed E-state index contributed by atoms with van der Waals surface area (Å²) in [6, 6.07) is 10.7. The molecule has 1 saturated carbocycles. The fourth-order valence-electron chi connectivity index (χ4n) is 3.36. The van der Waals surface area contributed by atoms with Crippen LogP contribution in [0, 0.1) is 5.92 Å². The number of fused-ring (bicyclic) bond motifs is 1. The van der Waals surface area contributed by atoms with Crippen LogP contribution in [0.25, 0.3) is 16.6 Å². The van der Waals surface area contributed by atoms with Gasteiger partial charge in [-0.05, 0) is 48.6 Å². The van der Waals surface area contributed by atoms with Gasteiger partial charge in [0.2, 0.25) is 0 Å². The van der Waals surface area contributed by atoms with Crippen LogP contribution in [-0.4, -0.2) is 34.5 Å². The van der Waals surface area contributed by atoms with Crippen molar-refractivity contribution >= 4 is 17.1 Å². The number of rotatable bonds is 6. The number of phenolic OH excluding ortho intramolecular Hbond substituents is 1. The van der Waals surface area contributed by atoms with Gasteiger partial charge in [0, 0.05) is 19.2 Å². The number of hydrogen-bond donors (Lipinski definition) is 1. The van der Waals surface area contributed by atoms with Crippen LogP contribution in [0.1, 0.15) is 44.0 Å². The summed E-state index contributed by atoms with van der Waals surface area (Å²) in [5, 5.41) is 10.8. The van der Waals surface area contributed by atoms with E-state index in [1.807, 2.05) is 38.1 Å². The summed E-state index contributed by atoms with van der Waals surface area (Å²) in [5.74, 6) is 1.47. The topological polar surface area (TPSA) is 76.7 Å². The van der Waals surface area contributed by atoms with Crippen molar-refractivity contribution in [2.24, 2.45) is 10.9 Å². The summed E-state index contributed by atoms with van der Waals surface area (Å²) in [6.07, 6.45) is 4.05. The van der Waals surface area contributed by atoms with Crippen LogP contribution in [0.2, 0.25) is 0 Å².